The zero-order chi connectivity index (χ0) is 18.6. The molecule has 0 radical (unpaired) electrons. The van der Waals surface area contributed by atoms with E-state index in [4.69, 9.17) is 4.42 Å². The normalized spacial score (nSPS) is 21.3. The van der Waals surface area contributed by atoms with Gasteiger partial charge in [0.1, 0.15) is 11.3 Å². The molecule has 0 spiro atoms. The number of unbranched alkanes of at least 4 members (excludes halogenated alkanes) is 1. The highest BCUT2D eigenvalue weighted by Crippen LogP contribution is 2.30. The van der Waals surface area contributed by atoms with Crippen molar-refractivity contribution in [3.05, 3.63) is 35.6 Å². The summed E-state index contributed by atoms with van der Waals surface area (Å²) in [5.74, 6) is 0.870. The molecule has 4 nitrogen and oxygen atoms in total. The van der Waals surface area contributed by atoms with Gasteiger partial charge >= 0.3 is 0 Å². The average molecular weight is 369 g/mol. The second-order valence-electron chi connectivity index (χ2n) is 8.18. The quantitative estimate of drug-likeness (QED) is 0.755. The number of para-hydroxylation sites is 1. The summed E-state index contributed by atoms with van der Waals surface area (Å²) < 4.78 is 6.01. The summed E-state index contributed by atoms with van der Waals surface area (Å²) >= 11 is 0. The summed E-state index contributed by atoms with van der Waals surface area (Å²) in [5, 5.41) is 4.17. The molecule has 1 unspecified atom stereocenters. The number of rotatable bonds is 7. The molecule has 2 aromatic rings. The predicted octanol–water partition coefficient (Wildman–Crippen LogP) is 4.91. The number of amides is 1. The van der Waals surface area contributed by atoms with Gasteiger partial charge in [-0.15, -0.1) is 0 Å². The number of fused-ring (bicyclic) bond motifs is 1. The molecule has 1 amide bonds. The highest BCUT2D eigenvalue weighted by molar-refractivity contribution is 6.07. The van der Waals surface area contributed by atoms with Crippen molar-refractivity contribution >= 4 is 16.9 Å². The molecule has 2 aliphatic rings. The SMILES string of the molecule is CCCCc1oc2ccccc2c1C(=O)NCC1CCN1C1CCCCC1. The highest BCUT2D eigenvalue weighted by Gasteiger charge is 2.34. The standard InChI is InChI=1S/C23H32N2O2/c1-2-3-12-21-22(19-11-7-8-13-20(19)27-21)23(26)24-16-18-14-15-25(18)17-9-5-4-6-10-17/h7-8,11,13,17-18H,2-6,9-10,12,14-16H2,1H3,(H,24,26). The lowest BCUT2D eigenvalue weighted by molar-refractivity contribution is 0.0240. The van der Waals surface area contributed by atoms with Crippen LogP contribution in [-0.4, -0.2) is 36.0 Å². The molecule has 1 saturated carbocycles. The van der Waals surface area contributed by atoms with Crippen LogP contribution in [-0.2, 0) is 6.42 Å². The van der Waals surface area contributed by atoms with E-state index >= 15 is 0 Å². The molecule has 1 saturated heterocycles. The Bertz CT molecular complexity index is 776. The number of nitrogens with one attached hydrogen (secondary N) is 1. The maximum absolute atomic E-state index is 13.0. The topological polar surface area (TPSA) is 45.5 Å². The number of hydrogen-bond acceptors (Lipinski definition) is 3. The fourth-order valence-electron chi connectivity index (χ4n) is 4.73. The van der Waals surface area contributed by atoms with Crippen molar-refractivity contribution in [1.82, 2.24) is 10.2 Å². The van der Waals surface area contributed by atoms with Crippen LogP contribution in [0.4, 0.5) is 0 Å². The van der Waals surface area contributed by atoms with Gasteiger partial charge in [0.25, 0.3) is 5.91 Å². The molecule has 2 fully saturated rings. The van der Waals surface area contributed by atoms with Gasteiger partial charge in [0.15, 0.2) is 0 Å². The Balaban J connectivity index is 1.43. The van der Waals surface area contributed by atoms with Crippen molar-refractivity contribution in [1.29, 1.82) is 0 Å². The zero-order valence-electron chi connectivity index (χ0n) is 16.5. The van der Waals surface area contributed by atoms with E-state index in [0.29, 0.717) is 6.04 Å². The van der Waals surface area contributed by atoms with Crippen LogP contribution >= 0.6 is 0 Å². The van der Waals surface area contributed by atoms with Gasteiger partial charge in [-0.25, -0.2) is 0 Å². The molecular weight excluding hydrogens is 336 g/mol. The van der Waals surface area contributed by atoms with Gasteiger partial charge in [0.05, 0.1) is 5.56 Å². The molecule has 1 aromatic carbocycles. The lowest BCUT2D eigenvalue weighted by Gasteiger charge is -2.47. The van der Waals surface area contributed by atoms with E-state index in [-0.39, 0.29) is 5.91 Å². The monoisotopic (exact) mass is 368 g/mol. The Kier molecular flexibility index (Phi) is 5.82. The van der Waals surface area contributed by atoms with Crippen molar-refractivity contribution in [2.75, 3.05) is 13.1 Å². The van der Waals surface area contributed by atoms with Crippen molar-refractivity contribution < 1.29 is 9.21 Å². The Morgan fingerprint density at radius 2 is 2.00 bits per heavy atom. The number of likely N-dealkylation sites (tertiary alicyclic amines) is 1. The fourth-order valence-corrected chi connectivity index (χ4v) is 4.73. The van der Waals surface area contributed by atoms with Gasteiger partial charge in [0.2, 0.25) is 0 Å². The first-order chi connectivity index (χ1) is 13.3. The minimum Gasteiger partial charge on any atom is -0.460 e. The van der Waals surface area contributed by atoms with Crippen molar-refractivity contribution in [3.8, 4) is 0 Å². The maximum atomic E-state index is 13.0. The Hall–Kier alpha value is -1.81. The summed E-state index contributed by atoms with van der Waals surface area (Å²) in [4.78, 5) is 15.7. The first-order valence-electron chi connectivity index (χ1n) is 10.8. The number of carbonyl (C=O) groups excluding carboxylic acids is 1. The van der Waals surface area contributed by atoms with Gasteiger partial charge < -0.3 is 9.73 Å². The lowest BCUT2D eigenvalue weighted by Crippen LogP contribution is -2.57. The molecule has 1 aliphatic carbocycles. The third-order valence-corrected chi connectivity index (χ3v) is 6.38. The van der Waals surface area contributed by atoms with Crippen LogP contribution in [0.1, 0.15) is 74.4 Å². The van der Waals surface area contributed by atoms with Crippen LogP contribution in [0, 0.1) is 0 Å². The van der Waals surface area contributed by atoms with Gasteiger partial charge in [-0.2, -0.15) is 0 Å². The first-order valence-corrected chi connectivity index (χ1v) is 10.8. The molecule has 4 rings (SSSR count). The van der Waals surface area contributed by atoms with E-state index in [1.807, 2.05) is 24.3 Å². The third-order valence-electron chi connectivity index (χ3n) is 6.38. The smallest absolute Gasteiger partial charge is 0.255 e. The summed E-state index contributed by atoms with van der Waals surface area (Å²) in [6, 6.07) is 9.15. The number of nitrogens with zero attached hydrogens (tertiary/aromatic N) is 1. The predicted molar refractivity (Wildman–Crippen MR) is 109 cm³/mol. The van der Waals surface area contributed by atoms with Gasteiger partial charge in [0, 0.05) is 37.0 Å². The fraction of sp³-hybridized carbons (Fsp3) is 0.609. The molecule has 1 N–H and O–H groups in total. The molecule has 146 valence electrons. The molecule has 1 aliphatic heterocycles. The maximum Gasteiger partial charge on any atom is 0.255 e. The van der Waals surface area contributed by atoms with Crippen molar-refractivity contribution in [3.63, 3.8) is 0 Å². The van der Waals surface area contributed by atoms with Crippen molar-refractivity contribution in [2.24, 2.45) is 0 Å². The zero-order valence-corrected chi connectivity index (χ0v) is 16.5. The second kappa shape index (κ2) is 8.47. The van der Waals surface area contributed by atoms with E-state index < -0.39 is 0 Å². The minimum absolute atomic E-state index is 0.0292. The van der Waals surface area contributed by atoms with Crippen LogP contribution in [0.2, 0.25) is 0 Å². The second-order valence-corrected chi connectivity index (χ2v) is 8.18. The first kappa shape index (κ1) is 18.5. The number of benzene rings is 1. The van der Waals surface area contributed by atoms with E-state index in [2.05, 4.69) is 17.1 Å². The molecule has 2 heterocycles. The number of carbonyl (C=O) groups is 1. The molecule has 0 bridgehead atoms. The van der Waals surface area contributed by atoms with Crippen LogP contribution in [0.5, 0.6) is 0 Å². The molecule has 27 heavy (non-hydrogen) atoms. The van der Waals surface area contributed by atoms with E-state index in [0.717, 1.165) is 54.1 Å². The highest BCUT2D eigenvalue weighted by atomic mass is 16.3. The Morgan fingerprint density at radius 3 is 2.74 bits per heavy atom. The molecule has 1 aromatic heterocycles. The summed E-state index contributed by atoms with van der Waals surface area (Å²) in [7, 11) is 0. The average Bonchev–Trinajstić information content (AvgIpc) is 3.04. The number of furan rings is 1. The van der Waals surface area contributed by atoms with Crippen LogP contribution in [0.3, 0.4) is 0 Å². The van der Waals surface area contributed by atoms with Gasteiger partial charge in [-0.1, -0.05) is 50.8 Å². The Labute approximate surface area is 162 Å². The minimum atomic E-state index is 0.0292. The van der Waals surface area contributed by atoms with E-state index in [1.54, 1.807) is 0 Å². The van der Waals surface area contributed by atoms with Gasteiger partial charge in [-0.3, -0.25) is 9.69 Å². The number of hydrogen-bond donors (Lipinski definition) is 1. The van der Waals surface area contributed by atoms with Gasteiger partial charge in [-0.05, 0) is 31.7 Å². The molecular formula is C23H32N2O2. The Morgan fingerprint density at radius 1 is 1.19 bits per heavy atom. The van der Waals surface area contributed by atoms with E-state index in [1.165, 1.54) is 45.1 Å². The van der Waals surface area contributed by atoms with Crippen LogP contribution < -0.4 is 5.32 Å². The van der Waals surface area contributed by atoms with Crippen LogP contribution in [0.25, 0.3) is 11.0 Å². The number of aryl methyl sites for hydroxylation is 1. The van der Waals surface area contributed by atoms with Crippen LogP contribution in [0.15, 0.2) is 28.7 Å². The lowest BCUT2D eigenvalue weighted by atomic mass is 9.89. The summed E-state index contributed by atoms with van der Waals surface area (Å²) in [6.45, 7) is 4.11. The molecule has 1 atom stereocenters. The van der Waals surface area contributed by atoms with E-state index in [9.17, 15) is 4.79 Å². The summed E-state index contributed by atoms with van der Waals surface area (Å²) in [6.07, 6.45) is 10.9. The van der Waals surface area contributed by atoms with Crippen molar-refractivity contribution in [2.45, 2.75) is 76.8 Å². The molecule has 4 heteroatoms. The largest absolute Gasteiger partial charge is 0.460 e. The summed E-state index contributed by atoms with van der Waals surface area (Å²) in [5.41, 5.74) is 1.57. The third kappa shape index (κ3) is 3.91.